The zero-order chi connectivity index (χ0) is 43.1. The van der Waals surface area contributed by atoms with Crippen LogP contribution in [0.15, 0.2) is 133 Å². The summed E-state index contributed by atoms with van der Waals surface area (Å²) in [7, 11) is 0. The van der Waals surface area contributed by atoms with E-state index in [1.807, 2.05) is 95.9 Å². The Hall–Kier alpha value is -5.17. The van der Waals surface area contributed by atoms with Gasteiger partial charge < -0.3 is 43.2 Å². The van der Waals surface area contributed by atoms with Gasteiger partial charge in [0.2, 0.25) is 0 Å². The minimum absolute atomic E-state index is 0.0870. The maximum Gasteiger partial charge on any atom is 0.119 e. The van der Waals surface area contributed by atoms with Crippen LogP contribution in [0.3, 0.4) is 0 Å². The first-order chi connectivity index (χ1) is 29.5. The lowest BCUT2D eigenvalue weighted by Crippen LogP contribution is -2.23. The predicted octanol–water partition coefficient (Wildman–Crippen LogP) is 8.17. The highest BCUT2D eigenvalue weighted by Crippen LogP contribution is 2.35. The van der Waals surface area contributed by atoms with Crippen molar-refractivity contribution in [2.24, 2.45) is 4.99 Å². The maximum absolute atomic E-state index is 10.1. The topological polar surface area (TPSA) is 133 Å². The maximum atomic E-state index is 10.1. The number of aliphatic imine (C=N–C) groups is 1. The number of aliphatic hydroxyl groups excluding tert-OH is 2. The summed E-state index contributed by atoms with van der Waals surface area (Å²) in [5, 5.41) is 19.6. The summed E-state index contributed by atoms with van der Waals surface area (Å²) in [6.07, 6.45) is 11.2. The molecule has 0 radical (unpaired) electrons. The summed E-state index contributed by atoms with van der Waals surface area (Å²) >= 11 is 5.59. The summed E-state index contributed by atoms with van der Waals surface area (Å²) in [6, 6.07) is 32.5. The monoisotopic (exact) mass is 851 g/mol. The highest BCUT2D eigenvalue weighted by Gasteiger charge is 2.26. The molecule has 4 unspecified atom stereocenters. The number of allylic oxidation sites excluding steroid dienone is 1. The Balaban J connectivity index is 0.000000185. The van der Waals surface area contributed by atoms with Gasteiger partial charge in [-0.1, -0.05) is 82.3 Å². The molecular weight excluding hydrogens is 794 g/mol. The fraction of sp³-hybridized carbons (Fsp3) is 0.388. The lowest BCUT2D eigenvalue weighted by Gasteiger charge is -2.26. The summed E-state index contributed by atoms with van der Waals surface area (Å²) in [6.45, 7) is 12.5. The molecule has 324 valence electrons. The second kappa shape index (κ2) is 22.1. The van der Waals surface area contributed by atoms with Gasteiger partial charge in [0.15, 0.2) is 0 Å². The van der Waals surface area contributed by atoms with Gasteiger partial charge in [0.05, 0.1) is 32.0 Å². The van der Waals surface area contributed by atoms with E-state index in [4.69, 9.17) is 40.0 Å². The van der Waals surface area contributed by atoms with Crippen LogP contribution >= 0.6 is 11.6 Å². The number of ether oxygens (including phenoxy) is 6. The summed E-state index contributed by atoms with van der Waals surface area (Å²) in [5.74, 6) is 3.34. The molecule has 11 nitrogen and oxygen atoms in total. The normalized spacial score (nSPS) is 17.2. The van der Waals surface area contributed by atoms with Crippen molar-refractivity contribution in [3.05, 3.63) is 150 Å². The molecule has 3 aliphatic heterocycles. The van der Waals surface area contributed by atoms with Crippen LogP contribution in [0.2, 0.25) is 0 Å². The third kappa shape index (κ3) is 14.5. The van der Waals surface area contributed by atoms with E-state index in [0.29, 0.717) is 31.3 Å². The Kier molecular flexibility index (Phi) is 16.4. The van der Waals surface area contributed by atoms with E-state index in [1.54, 1.807) is 18.7 Å². The van der Waals surface area contributed by atoms with E-state index in [1.165, 1.54) is 11.1 Å². The second-order valence-electron chi connectivity index (χ2n) is 16.2. The predicted molar refractivity (Wildman–Crippen MR) is 239 cm³/mol. The summed E-state index contributed by atoms with van der Waals surface area (Å²) in [4.78, 5) is 7.74. The van der Waals surface area contributed by atoms with Crippen molar-refractivity contribution in [2.75, 3.05) is 45.5 Å². The Morgan fingerprint density at radius 1 is 0.656 bits per heavy atom. The number of benzene rings is 4. The van der Waals surface area contributed by atoms with E-state index < -0.39 is 12.2 Å². The third-order valence-electron chi connectivity index (χ3n) is 10.6. The van der Waals surface area contributed by atoms with Gasteiger partial charge in [0.1, 0.15) is 73.8 Å². The fourth-order valence-electron chi connectivity index (χ4n) is 6.34. The van der Waals surface area contributed by atoms with Crippen molar-refractivity contribution >= 4 is 17.8 Å². The van der Waals surface area contributed by atoms with Crippen LogP contribution in [-0.2, 0) is 26.8 Å². The van der Waals surface area contributed by atoms with Gasteiger partial charge in [-0.05, 0) is 70.8 Å². The Morgan fingerprint density at radius 3 is 1.38 bits per heavy atom. The van der Waals surface area contributed by atoms with Gasteiger partial charge in [-0.15, -0.1) is 11.6 Å². The van der Waals surface area contributed by atoms with Crippen LogP contribution in [0, 0.1) is 0 Å². The molecule has 0 aliphatic carbocycles. The number of rotatable bonds is 19. The molecule has 2 N–H and O–H groups in total. The van der Waals surface area contributed by atoms with Crippen LogP contribution in [0.1, 0.15) is 56.4 Å². The highest BCUT2D eigenvalue weighted by atomic mass is 35.5. The highest BCUT2D eigenvalue weighted by molar-refractivity contribution is 6.18. The lowest BCUT2D eigenvalue weighted by atomic mass is 9.78. The number of hydrogen-bond donors (Lipinski definition) is 2. The number of imidazole rings is 1. The SMILES string of the molecule is C1=CN=CC1.CC(C)(c1ccc(OCC(O)CCl)cc1)c1ccc(OCC(O)Cn2ccnc2)cc1.CC(C)(c1ccc(OCC2CO2)cc1)c1ccc(OCC2CO2)cc1. The first kappa shape index (κ1) is 45.4. The smallest absolute Gasteiger partial charge is 0.119 e. The minimum atomic E-state index is -0.675. The molecule has 4 aromatic carbocycles. The van der Waals surface area contributed by atoms with Crippen molar-refractivity contribution in [3.8, 4) is 23.0 Å². The average molecular weight is 852 g/mol. The molecule has 0 bridgehead atoms. The first-order valence-electron chi connectivity index (χ1n) is 20.7. The number of nitrogens with zero attached hydrogens (tertiary/aromatic N) is 3. The van der Waals surface area contributed by atoms with E-state index in [9.17, 15) is 10.2 Å². The molecule has 4 atom stereocenters. The molecule has 4 heterocycles. The van der Waals surface area contributed by atoms with Crippen molar-refractivity contribution in [3.63, 3.8) is 0 Å². The van der Waals surface area contributed by atoms with E-state index in [2.05, 4.69) is 61.9 Å². The van der Waals surface area contributed by atoms with Gasteiger partial charge in [-0.2, -0.15) is 0 Å². The van der Waals surface area contributed by atoms with Crippen LogP contribution in [0.25, 0.3) is 0 Å². The number of halogens is 1. The molecule has 1 aromatic heterocycles. The Labute approximate surface area is 364 Å². The van der Waals surface area contributed by atoms with Crippen LogP contribution in [-0.4, -0.2) is 95.9 Å². The van der Waals surface area contributed by atoms with Crippen molar-refractivity contribution in [1.29, 1.82) is 0 Å². The van der Waals surface area contributed by atoms with Gasteiger partial charge in [-0.25, -0.2) is 4.98 Å². The zero-order valence-corrected chi connectivity index (χ0v) is 36.2. The van der Waals surface area contributed by atoms with E-state index in [0.717, 1.165) is 42.3 Å². The molecule has 2 fully saturated rings. The molecular formula is C49H58ClN3O8. The van der Waals surface area contributed by atoms with Crippen molar-refractivity contribution < 1.29 is 38.6 Å². The fourth-order valence-corrected chi connectivity index (χ4v) is 6.43. The van der Waals surface area contributed by atoms with Crippen LogP contribution < -0.4 is 18.9 Å². The third-order valence-corrected chi connectivity index (χ3v) is 10.9. The molecule has 0 spiro atoms. The summed E-state index contributed by atoms with van der Waals surface area (Å²) < 4.78 is 34.9. The molecule has 5 aromatic rings. The van der Waals surface area contributed by atoms with E-state index in [-0.39, 0.29) is 42.1 Å². The second-order valence-corrected chi connectivity index (χ2v) is 16.5. The average Bonchev–Trinajstić information content (AvgIpc) is 4.17. The van der Waals surface area contributed by atoms with Gasteiger partial charge >= 0.3 is 0 Å². The van der Waals surface area contributed by atoms with Gasteiger partial charge in [0.25, 0.3) is 0 Å². The lowest BCUT2D eigenvalue weighted by molar-refractivity contribution is 0.0924. The zero-order valence-electron chi connectivity index (χ0n) is 35.4. The molecule has 61 heavy (non-hydrogen) atoms. The number of hydrogen-bond acceptors (Lipinski definition) is 10. The number of epoxide rings is 2. The van der Waals surface area contributed by atoms with Crippen molar-refractivity contribution in [1.82, 2.24) is 9.55 Å². The van der Waals surface area contributed by atoms with Crippen LogP contribution in [0.4, 0.5) is 0 Å². The van der Waals surface area contributed by atoms with Crippen LogP contribution in [0.5, 0.6) is 23.0 Å². The summed E-state index contributed by atoms with van der Waals surface area (Å²) in [5.41, 5.74) is 4.49. The van der Waals surface area contributed by atoms with E-state index >= 15 is 0 Å². The largest absolute Gasteiger partial charge is 0.491 e. The molecule has 12 heteroatoms. The first-order valence-corrected chi connectivity index (χ1v) is 21.2. The molecule has 0 saturated carbocycles. The number of alkyl halides is 1. The molecule has 3 aliphatic rings. The standard InChI is InChI=1S/C24H29ClN2O4.C21H24O4.C4H5N/c1-24(2,18-3-7-22(8-4-18)30-15-20(28)13-25)19-5-9-23(10-6-19)31-16-21(29)14-27-12-11-26-17-27;1-21(2,15-3-7-17(8-4-15)22-11-19-13-24-19)16-5-9-18(10-6-16)23-12-20-14-25-20;1-2-4-5-3-1/h3-12,17,20-21,28-29H,13-16H2,1-2H3;3-10,19-20H,11-14H2,1-2H3;1,3-4H,2H2. The van der Waals surface area contributed by atoms with Gasteiger partial charge in [-0.3, -0.25) is 4.99 Å². The number of aliphatic hydroxyl groups is 2. The molecule has 0 amide bonds. The Bertz CT molecular complexity index is 2010. The molecule has 8 rings (SSSR count). The van der Waals surface area contributed by atoms with Gasteiger partial charge in [0, 0.05) is 42.1 Å². The minimum Gasteiger partial charge on any atom is -0.491 e. The van der Waals surface area contributed by atoms with Crippen molar-refractivity contribution in [2.45, 2.75) is 75.9 Å². The quantitative estimate of drug-likeness (QED) is 0.0624. The Morgan fingerprint density at radius 2 is 1.07 bits per heavy atom. The number of aromatic nitrogens is 2. The molecule has 2 saturated heterocycles.